The first-order valence-electron chi connectivity index (χ1n) is 6.30. The maximum absolute atomic E-state index is 10.7. The number of nitrogens with one attached hydrogen (secondary N) is 1. The van der Waals surface area contributed by atoms with Crippen molar-refractivity contribution in [3.05, 3.63) is 53.6 Å². The second kappa shape index (κ2) is 6.12. The van der Waals surface area contributed by atoms with Crippen LogP contribution < -0.4 is 5.73 Å². The maximum Gasteiger partial charge on any atom is 0.320 e. The standard InChI is InChI=1S/C16H16N2O2/c17-10-12-9-8-11(4-3-7-15(18)16(19)20)13-5-1-2-6-14(12)13/h1-6,8-10,15,17H,7,18H2,(H,19,20)/b4-3+,17-10?. The molecule has 0 radical (unpaired) electrons. The lowest BCUT2D eigenvalue weighted by Gasteiger charge is -2.06. The Labute approximate surface area is 117 Å². The van der Waals surface area contributed by atoms with Crippen LogP contribution in [0.25, 0.3) is 16.8 Å². The lowest BCUT2D eigenvalue weighted by molar-refractivity contribution is -0.138. The molecule has 0 bridgehead atoms. The van der Waals surface area contributed by atoms with E-state index in [0.717, 1.165) is 21.9 Å². The molecule has 0 aromatic heterocycles. The molecular weight excluding hydrogens is 252 g/mol. The summed E-state index contributed by atoms with van der Waals surface area (Å²) in [4.78, 5) is 10.7. The largest absolute Gasteiger partial charge is 0.480 e. The first-order valence-corrected chi connectivity index (χ1v) is 6.30. The van der Waals surface area contributed by atoms with Crippen molar-refractivity contribution in [1.29, 1.82) is 5.41 Å². The average Bonchev–Trinajstić information content (AvgIpc) is 2.47. The summed E-state index contributed by atoms with van der Waals surface area (Å²) >= 11 is 0. The number of fused-ring (bicyclic) bond motifs is 1. The zero-order chi connectivity index (χ0) is 14.5. The summed E-state index contributed by atoms with van der Waals surface area (Å²) in [5.74, 6) is -1.00. The highest BCUT2D eigenvalue weighted by Crippen LogP contribution is 2.23. The molecule has 0 fully saturated rings. The quantitative estimate of drug-likeness (QED) is 0.728. The van der Waals surface area contributed by atoms with E-state index in [0.29, 0.717) is 0 Å². The first-order chi connectivity index (χ1) is 9.63. The molecule has 0 aliphatic heterocycles. The molecule has 0 amide bonds. The molecule has 0 aliphatic rings. The van der Waals surface area contributed by atoms with Gasteiger partial charge in [0.05, 0.1) is 0 Å². The molecule has 20 heavy (non-hydrogen) atoms. The Bertz CT molecular complexity index is 677. The van der Waals surface area contributed by atoms with Gasteiger partial charge in [0.25, 0.3) is 0 Å². The van der Waals surface area contributed by atoms with Crippen molar-refractivity contribution >= 4 is 29.0 Å². The fourth-order valence-corrected chi connectivity index (χ4v) is 2.06. The van der Waals surface area contributed by atoms with E-state index in [-0.39, 0.29) is 6.42 Å². The highest BCUT2D eigenvalue weighted by molar-refractivity contribution is 6.02. The third-order valence-corrected chi connectivity index (χ3v) is 3.15. The van der Waals surface area contributed by atoms with Crippen molar-refractivity contribution in [3.63, 3.8) is 0 Å². The minimum Gasteiger partial charge on any atom is -0.480 e. The van der Waals surface area contributed by atoms with Crippen LogP contribution in [0.15, 0.2) is 42.5 Å². The number of carboxylic acids is 1. The van der Waals surface area contributed by atoms with E-state index >= 15 is 0 Å². The third kappa shape index (κ3) is 2.92. The Morgan fingerprint density at radius 2 is 1.80 bits per heavy atom. The highest BCUT2D eigenvalue weighted by atomic mass is 16.4. The predicted molar refractivity (Wildman–Crippen MR) is 81.1 cm³/mol. The Balaban J connectivity index is 2.34. The maximum atomic E-state index is 10.7. The van der Waals surface area contributed by atoms with E-state index in [1.54, 1.807) is 6.08 Å². The smallest absolute Gasteiger partial charge is 0.320 e. The van der Waals surface area contributed by atoms with Crippen LogP contribution in [0.2, 0.25) is 0 Å². The molecule has 0 saturated heterocycles. The molecule has 4 N–H and O–H groups in total. The molecule has 1 unspecified atom stereocenters. The summed E-state index contributed by atoms with van der Waals surface area (Å²) in [5, 5.41) is 18.2. The first kappa shape index (κ1) is 14.0. The van der Waals surface area contributed by atoms with Gasteiger partial charge in [-0.1, -0.05) is 48.6 Å². The second-order valence-corrected chi connectivity index (χ2v) is 4.52. The van der Waals surface area contributed by atoms with Crippen molar-refractivity contribution in [3.8, 4) is 0 Å². The minimum atomic E-state index is -1.00. The molecule has 0 aliphatic carbocycles. The molecule has 1 atom stereocenters. The molecular formula is C16H16N2O2. The van der Waals surface area contributed by atoms with Crippen LogP contribution in [0, 0.1) is 5.41 Å². The highest BCUT2D eigenvalue weighted by Gasteiger charge is 2.08. The third-order valence-electron chi connectivity index (χ3n) is 3.15. The van der Waals surface area contributed by atoms with Crippen molar-refractivity contribution in [2.45, 2.75) is 12.5 Å². The number of hydrogen-bond acceptors (Lipinski definition) is 3. The molecule has 2 rings (SSSR count). The zero-order valence-corrected chi connectivity index (χ0v) is 10.9. The summed E-state index contributed by atoms with van der Waals surface area (Å²) in [6, 6.07) is 10.8. The normalized spacial score (nSPS) is 12.7. The molecule has 4 heteroatoms. The summed E-state index contributed by atoms with van der Waals surface area (Å²) in [7, 11) is 0. The van der Waals surface area contributed by atoms with Gasteiger partial charge in [-0.3, -0.25) is 4.79 Å². The fraction of sp³-hybridized carbons (Fsp3) is 0.125. The van der Waals surface area contributed by atoms with Gasteiger partial charge in [-0.25, -0.2) is 0 Å². The SMILES string of the molecule is N=Cc1ccc(/C=C/CC(N)C(=O)O)c2ccccc12. The number of aliphatic carboxylic acids is 1. The number of carbonyl (C=O) groups is 1. The molecule has 2 aromatic rings. The minimum absolute atomic E-state index is 0.288. The number of benzene rings is 2. The van der Waals surface area contributed by atoms with E-state index in [1.165, 1.54) is 6.21 Å². The van der Waals surface area contributed by atoms with Gasteiger partial charge in [0.2, 0.25) is 0 Å². The van der Waals surface area contributed by atoms with Gasteiger partial charge >= 0.3 is 5.97 Å². The van der Waals surface area contributed by atoms with Crippen molar-refractivity contribution in [2.75, 3.05) is 0 Å². The van der Waals surface area contributed by atoms with E-state index in [4.69, 9.17) is 16.2 Å². The van der Waals surface area contributed by atoms with E-state index < -0.39 is 12.0 Å². The van der Waals surface area contributed by atoms with Crippen LogP contribution in [0.1, 0.15) is 17.5 Å². The summed E-state index contributed by atoms with van der Waals surface area (Å²) in [6.07, 6.45) is 5.26. The van der Waals surface area contributed by atoms with Crippen LogP contribution in [0.5, 0.6) is 0 Å². The van der Waals surface area contributed by atoms with Crippen LogP contribution in [-0.4, -0.2) is 23.3 Å². The van der Waals surface area contributed by atoms with Gasteiger partial charge in [0, 0.05) is 6.21 Å². The fourth-order valence-electron chi connectivity index (χ4n) is 2.06. The van der Waals surface area contributed by atoms with E-state index in [2.05, 4.69) is 0 Å². The van der Waals surface area contributed by atoms with Crippen molar-refractivity contribution in [2.24, 2.45) is 5.73 Å². The lowest BCUT2D eigenvalue weighted by atomic mass is 9.99. The average molecular weight is 268 g/mol. The number of rotatable bonds is 5. The Morgan fingerprint density at radius 1 is 1.20 bits per heavy atom. The number of carboxylic acid groups (broad SMARTS) is 1. The monoisotopic (exact) mass is 268 g/mol. The molecule has 102 valence electrons. The summed E-state index contributed by atoms with van der Waals surface area (Å²) < 4.78 is 0. The predicted octanol–water partition coefficient (Wildman–Crippen LogP) is 2.65. The van der Waals surface area contributed by atoms with Crippen LogP contribution in [0.3, 0.4) is 0 Å². The Hall–Kier alpha value is -2.46. The number of nitrogens with two attached hydrogens (primary N) is 1. The van der Waals surface area contributed by atoms with Crippen LogP contribution in [0.4, 0.5) is 0 Å². The molecule has 0 spiro atoms. The van der Waals surface area contributed by atoms with Gasteiger partial charge in [0.15, 0.2) is 0 Å². The van der Waals surface area contributed by atoms with Gasteiger partial charge < -0.3 is 16.2 Å². The Kier molecular flexibility index (Phi) is 4.27. The van der Waals surface area contributed by atoms with Gasteiger partial charge in [0.1, 0.15) is 6.04 Å². The topological polar surface area (TPSA) is 87.2 Å². The summed E-state index contributed by atoms with van der Waals surface area (Å²) in [6.45, 7) is 0. The van der Waals surface area contributed by atoms with Crippen molar-refractivity contribution in [1.82, 2.24) is 0 Å². The number of hydrogen-bond donors (Lipinski definition) is 3. The Morgan fingerprint density at radius 3 is 2.40 bits per heavy atom. The van der Waals surface area contributed by atoms with Gasteiger partial charge in [-0.05, 0) is 28.3 Å². The van der Waals surface area contributed by atoms with Gasteiger partial charge in [-0.15, -0.1) is 0 Å². The molecule has 4 nitrogen and oxygen atoms in total. The molecule has 0 heterocycles. The van der Waals surface area contributed by atoms with Crippen LogP contribution in [-0.2, 0) is 4.79 Å². The lowest BCUT2D eigenvalue weighted by Crippen LogP contribution is -2.29. The van der Waals surface area contributed by atoms with Crippen LogP contribution >= 0.6 is 0 Å². The van der Waals surface area contributed by atoms with Crippen molar-refractivity contribution < 1.29 is 9.90 Å². The van der Waals surface area contributed by atoms with E-state index in [9.17, 15) is 4.79 Å². The van der Waals surface area contributed by atoms with Gasteiger partial charge in [-0.2, -0.15) is 0 Å². The molecule has 2 aromatic carbocycles. The zero-order valence-electron chi connectivity index (χ0n) is 10.9. The van der Waals surface area contributed by atoms with E-state index in [1.807, 2.05) is 42.5 Å². The summed E-state index contributed by atoms with van der Waals surface area (Å²) in [5.41, 5.74) is 7.31. The second-order valence-electron chi connectivity index (χ2n) is 4.52. The molecule has 0 saturated carbocycles.